The lowest BCUT2D eigenvalue weighted by atomic mass is 9.99. The fourth-order valence-corrected chi connectivity index (χ4v) is 11.0. The van der Waals surface area contributed by atoms with Crippen LogP contribution < -0.4 is 0 Å². The van der Waals surface area contributed by atoms with Gasteiger partial charge in [-0.1, -0.05) is 254 Å². The summed E-state index contributed by atoms with van der Waals surface area (Å²) in [4.78, 5) is 72.2. The van der Waals surface area contributed by atoms with Crippen LogP contribution in [-0.2, 0) is 65.4 Å². The van der Waals surface area contributed by atoms with Gasteiger partial charge in [-0.3, -0.25) is 37.3 Å². The SMILES string of the molecule is CCC(C)CCCCCCCCCCC(=O)OC[C@H](COP(=O)(O)OCC(O)COP(=O)(O)OC[C@@H](COC(=O)CCCCCCCCCCC(C)C)OC(=O)CCCCCCCCCCC(C)C)OC(=O)CCCCCCCCC(C)C. The molecular weight excluding hydrogens is 1100 g/mol. The molecular formula is C64H124O17P2. The zero-order valence-corrected chi connectivity index (χ0v) is 55.6. The standard InChI is InChI=1S/C64H124O17P2/c1-9-57(8)43-35-27-18-12-15-20-29-37-45-62(67)75-51-60(81-64(69)47-39-31-23-22-26-34-42-56(6)7)53-79-83(72,73)77-49-58(65)48-76-82(70,71)78-52-59(80-63(68)46-38-30-21-14-11-17-25-33-41-55(4)5)50-74-61(66)44-36-28-19-13-10-16-24-32-40-54(2)3/h54-60,65H,9-53H2,1-8H3,(H,70,71)(H,72,73)/t57?,58?,59-,60-/m1/s1. The maximum Gasteiger partial charge on any atom is 0.472 e. The lowest BCUT2D eigenvalue weighted by Crippen LogP contribution is -2.30. The van der Waals surface area contributed by atoms with Crippen LogP contribution in [0.25, 0.3) is 0 Å². The smallest absolute Gasteiger partial charge is 0.462 e. The maximum atomic E-state index is 13.0. The van der Waals surface area contributed by atoms with Crippen LogP contribution in [0.1, 0.15) is 306 Å². The number of ether oxygens (including phenoxy) is 4. The normalized spacial score (nSPS) is 14.8. The summed E-state index contributed by atoms with van der Waals surface area (Å²) in [6.07, 6.45) is 33.7. The van der Waals surface area contributed by atoms with Crippen LogP contribution in [0.5, 0.6) is 0 Å². The number of aliphatic hydroxyl groups is 1. The van der Waals surface area contributed by atoms with E-state index in [0.29, 0.717) is 31.6 Å². The number of phosphoric acid groups is 2. The van der Waals surface area contributed by atoms with Gasteiger partial charge in [0.15, 0.2) is 12.2 Å². The molecule has 492 valence electrons. The Labute approximate surface area is 505 Å². The molecule has 0 fully saturated rings. The van der Waals surface area contributed by atoms with E-state index in [0.717, 1.165) is 108 Å². The van der Waals surface area contributed by atoms with Gasteiger partial charge in [-0.05, 0) is 49.4 Å². The molecule has 0 aliphatic heterocycles. The number of rotatable bonds is 61. The number of esters is 4. The molecule has 4 unspecified atom stereocenters. The predicted octanol–water partition coefficient (Wildman–Crippen LogP) is 17.4. The van der Waals surface area contributed by atoms with E-state index in [-0.39, 0.29) is 25.7 Å². The van der Waals surface area contributed by atoms with E-state index in [1.165, 1.54) is 109 Å². The fourth-order valence-electron chi connectivity index (χ4n) is 9.40. The fraction of sp³-hybridized carbons (Fsp3) is 0.938. The average molecular weight is 1230 g/mol. The Balaban J connectivity index is 5.25. The summed E-state index contributed by atoms with van der Waals surface area (Å²) in [6, 6.07) is 0. The quantitative estimate of drug-likeness (QED) is 0.0222. The molecule has 0 spiro atoms. The maximum absolute atomic E-state index is 13.0. The summed E-state index contributed by atoms with van der Waals surface area (Å²) >= 11 is 0. The highest BCUT2D eigenvalue weighted by Crippen LogP contribution is 2.45. The minimum atomic E-state index is -4.94. The van der Waals surface area contributed by atoms with Crippen LogP contribution in [0.4, 0.5) is 0 Å². The number of unbranched alkanes of at least 4 members (excludes halogenated alkanes) is 26. The van der Waals surface area contributed by atoms with Crippen molar-refractivity contribution in [1.29, 1.82) is 0 Å². The molecule has 0 radical (unpaired) electrons. The lowest BCUT2D eigenvalue weighted by Gasteiger charge is -2.21. The van der Waals surface area contributed by atoms with Crippen molar-refractivity contribution in [3.8, 4) is 0 Å². The van der Waals surface area contributed by atoms with Gasteiger partial charge in [0.05, 0.1) is 26.4 Å². The van der Waals surface area contributed by atoms with Gasteiger partial charge < -0.3 is 33.8 Å². The van der Waals surface area contributed by atoms with Gasteiger partial charge in [-0.15, -0.1) is 0 Å². The van der Waals surface area contributed by atoms with Crippen LogP contribution in [-0.4, -0.2) is 96.7 Å². The van der Waals surface area contributed by atoms with Gasteiger partial charge in [-0.2, -0.15) is 0 Å². The molecule has 0 aromatic rings. The molecule has 19 heteroatoms. The first kappa shape index (κ1) is 81.1. The van der Waals surface area contributed by atoms with Crippen molar-refractivity contribution in [1.82, 2.24) is 0 Å². The molecule has 0 saturated heterocycles. The number of aliphatic hydroxyl groups excluding tert-OH is 1. The summed E-state index contributed by atoms with van der Waals surface area (Å²) in [5.41, 5.74) is 0. The largest absolute Gasteiger partial charge is 0.472 e. The van der Waals surface area contributed by atoms with E-state index >= 15 is 0 Å². The van der Waals surface area contributed by atoms with Crippen LogP contribution in [0.15, 0.2) is 0 Å². The number of carbonyl (C=O) groups is 4. The molecule has 17 nitrogen and oxygen atoms in total. The molecule has 0 aromatic heterocycles. The molecule has 0 heterocycles. The molecule has 0 aliphatic rings. The number of hydrogen-bond acceptors (Lipinski definition) is 15. The van der Waals surface area contributed by atoms with Crippen LogP contribution in [0, 0.1) is 23.7 Å². The van der Waals surface area contributed by atoms with E-state index in [2.05, 4.69) is 55.4 Å². The molecule has 83 heavy (non-hydrogen) atoms. The summed E-state index contributed by atoms with van der Waals surface area (Å²) in [5.74, 6) is 0.747. The lowest BCUT2D eigenvalue weighted by molar-refractivity contribution is -0.161. The van der Waals surface area contributed by atoms with Crippen molar-refractivity contribution in [2.75, 3.05) is 39.6 Å². The number of phosphoric ester groups is 2. The Morgan fingerprint density at radius 3 is 0.855 bits per heavy atom. The molecule has 3 N–H and O–H groups in total. The third-order valence-electron chi connectivity index (χ3n) is 14.9. The highest BCUT2D eigenvalue weighted by atomic mass is 31.2. The second kappa shape index (κ2) is 54.2. The zero-order chi connectivity index (χ0) is 61.8. The summed E-state index contributed by atoms with van der Waals surface area (Å²) in [7, 11) is -9.89. The zero-order valence-electron chi connectivity index (χ0n) is 53.8. The van der Waals surface area contributed by atoms with Crippen LogP contribution >= 0.6 is 15.6 Å². The Morgan fingerprint density at radius 2 is 0.578 bits per heavy atom. The Morgan fingerprint density at radius 1 is 0.337 bits per heavy atom. The minimum Gasteiger partial charge on any atom is -0.462 e. The van der Waals surface area contributed by atoms with Gasteiger partial charge in [0.1, 0.15) is 19.3 Å². The number of hydrogen-bond donors (Lipinski definition) is 3. The van der Waals surface area contributed by atoms with Crippen molar-refractivity contribution >= 4 is 39.5 Å². The molecule has 0 bridgehead atoms. The number of carbonyl (C=O) groups excluding carboxylic acids is 4. The first-order valence-electron chi connectivity index (χ1n) is 33.2. The Bertz CT molecular complexity index is 1660. The average Bonchev–Trinajstić information content (AvgIpc) is 3.44. The molecule has 6 atom stereocenters. The Hall–Kier alpha value is -1.94. The highest BCUT2D eigenvalue weighted by molar-refractivity contribution is 7.47. The highest BCUT2D eigenvalue weighted by Gasteiger charge is 2.30. The Kier molecular flexibility index (Phi) is 53.0. The second-order valence-corrected chi connectivity index (χ2v) is 27.7. The summed E-state index contributed by atoms with van der Waals surface area (Å²) in [6.45, 7) is 13.9. The third-order valence-corrected chi connectivity index (χ3v) is 16.8. The minimum absolute atomic E-state index is 0.101. The van der Waals surface area contributed by atoms with E-state index < -0.39 is 97.5 Å². The van der Waals surface area contributed by atoms with Crippen molar-refractivity contribution in [3.63, 3.8) is 0 Å². The van der Waals surface area contributed by atoms with E-state index in [1.54, 1.807) is 0 Å². The first-order valence-corrected chi connectivity index (χ1v) is 36.2. The van der Waals surface area contributed by atoms with E-state index in [1.807, 2.05) is 0 Å². The third kappa shape index (κ3) is 57.6. The van der Waals surface area contributed by atoms with Gasteiger partial charge in [0.2, 0.25) is 0 Å². The van der Waals surface area contributed by atoms with Crippen LogP contribution in [0.2, 0.25) is 0 Å². The monoisotopic (exact) mass is 1230 g/mol. The van der Waals surface area contributed by atoms with Crippen molar-refractivity contribution < 1.29 is 80.2 Å². The van der Waals surface area contributed by atoms with Crippen molar-refractivity contribution in [2.24, 2.45) is 23.7 Å². The predicted molar refractivity (Wildman–Crippen MR) is 331 cm³/mol. The molecule has 0 aromatic carbocycles. The van der Waals surface area contributed by atoms with Crippen LogP contribution in [0.3, 0.4) is 0 Å². The van der Waals surface area contributed by atoms with Gasteiger partial charge >= 0.3 is 39.5 Å². The van der Waals surface area contributed by atoms with Gasteiger partial charge in [-0.25, -0.2) is 9.13 Å². The molecule has 0 rings (SSSR count). The summed E-state index contributed by atoms with van der Waals surface area (Å²) in [5, 5.41) is 10.5. The molecule has 0 amide bonds. The topological polar surface area (TPSA) is 237 Å². The van der Waals surface area contributed by atoms with E-state index in [9.17, 15) is 43.2 Å². The van der Waals surface area contributed by atoms with Crippen molar-refractivity contribution in [3.05, 3.63) is 0 Å². The van der Waals surface area contributed by atoms with Gasteiger partial charge in [0.25, 0.3) is 0 Å². The summed E-state index contributed by atoms with van der Waals surface area (Å²) < 4.78 is 68.0. The van der Waals surface area contributed by atoms with E-state index in [4.69, 9.17) is 37.0 Å². The molecule has 0 saturated carbocycles. The molecule has 0 aliphatic carbocycles. The first-order chi connectivity index (χ1) is 39.6. The van der Waals surface area contributed by atoms with Gasteiger partial charge in [0, 0.05) is 25.7 Å². The van der Waals surface area contributed by atoms with Crippen molar-refractivity contribution in [2.45, 2.75) is 324 Å². The second-order valence-electron chi connectivity index (χ2n) is 24.8.